The lowest BCUT2D eigenvalue weighted by Gasteiger charge is -2.34. The van der Waals surface area contributed by atoms with Gasteiger partial charge in [-0.25, -0.2) is 8.42 Å². The van der Waals surface area contributed by atoms with Crippen LogP contribution in [0.1, 0.15) is 33.1 Å². The summed E-state index contributed by atoms with van der Waals surface area (Å²) < 4.78 is 27.6. The van der Waals surface area contributed by atoms with Crippen LogP contribution in [0.2, 0.25) is 0 Å². The third-order valence-corrected chi connectivity index (χ3v) is 8.60. The molecule has 2 aliphatic heterocycles. The van der Waals surface area contributed by atoms with Crippen molar-refractivity contribution in [1.29, 1.82) is 0 Å². The summed E-state index contributed by atoms with van der Waals surface area (Å²) >= 11 is 0. The fraction of sp³-hybridized carbons (Fsp3) is 0.667. The zero-order chi connectivity index (χ0) is 24.3. The summed E-state index contributed by atoms with van der Waals surface area (Å²) in [5, 5.41) is 5.88. The Morgan fingerprint density at radius 3 is 1.94 bits per heavy atom. The number of hydrogen-bond donors (Lipinski definition) is 2. The SMILES string of the molecule is CC1CC(C)CN(S(=O)(=O)c2ccc(NC(=O)CN3CCN(CC(=O)NC4CC4)CC3)cc2)C1. The molecule has 0 spiro atoms. The zero-order valence-corrected chi connectivity index (χ0v) is 21.0. The third-order valence-electron chi connectivity index (χ3n) is 6.75. The van der Waals surface area contributed by atoms with Crippen LogP contribution in [0, 0.1) is 11.8 Å². The van der Waals surface area contributed by atoms with E-state index < -0.39 is 10.0 Å². The smallest absolute Gasteiger partial charge is 0.243 e. The van der Waals surface area contributed by atoms with Gasteiger partial charge in [0.15, 0.2) is 0 Å². The molecule has 0 bridgehead atoms. The van der Waals surface area contributed by atoms with Crippen molar-refractivity contribution in [2.45, 2.75) is 44.0 Å². The first-order valence-corrected chi connectivity index (χ1v) is 13.8. The van der Waals surface area contributed by atoms with E-state index in [0.717, 1.165) is 45.4 Å². The van der Waals surface area contributed by atoms with E-state index in [1.165, 1.54) is 0 Å². The molecule has 2 amide bonds. The summed E-state index contributed by atoms with van der Waals surface area (Å²) in [5.41, 5.74) is 0.583. The first-order chi connectivity index (χ1) is 16.2. The number of nitrogens with zero attached hydrogens (tertiary/aromatic N) is 3. The number of nitrogens with one attached hydrogen (secondary N) is 2. The topological polar surface area (TPSA) is 102 Å². The van der Waals surface area contributed by atoms with Gasteiger partial charge in [0.2, 0.25) is 21.8 Å². The van der Waals surface area contributed by atoms with E-state index in [4.69, 9.17) is 0 Å². The van der Waals surface area contributed by atoms with Crippen LogP contribution in [0.25, 0.3) is 0 Å². The van der Waals surface area contributed by atoms with Gasteiger partial charge in [-0.3, -0.25) is 19.4 Å². The summed E-state index contributed by atoms with van der Waals surface area (Å²) in [4.78, 5) is 28.9. The van der Waals surface area contributed by atoms with Gasteiger partial charge in [0.05, 0.1) is 18.0 Å². The Morgan fingerprint density at radius 2 is 1.41 bits per heavy atom. The Morgan fingerprint density at radius 1 is 0.882 bits per heavy atom. The van der Waals surface area contributed by atoms with Gasteiger partial charge in [0, 0.05) is 51.0 Å². The molecule has 9 nitrogen and oxygen atoms in total. The van der Waals surface area contributed by atoms with Crippen LogP contribution in [0.3, 0.4) is 0 Å². The van der Waals surface area contributed by atoms with E-state index in [0.29, 0.717) is 43.2 Å². The maximum atomic E-state index is 13.0. The highest BCUT2D eigenvalue weighted by atomic mass is 32.2. The molecule has 2 heterocycles. The van der Waals surface area contributed by atoms with Crippen LogP contribution < -0.4 is 10.6 Å². The molecule has 3 fully saturated rings. The van der Waals surface area contributed by atoms with E-state index in [1.54, 1.807) is 28.6 Å². The van der Waals surface area contributed by atoms with E-state index in [-0.39, 0.29) is 23.3 Å². The van der Waals surface area contributed by atoms with Gasteiger partial charge in [0.1, 0.15) is 0 Å². The fourth-order valence-corrected chi connectivity index (χ4v) is 6.55. The lowest BCUT2D eigenvalue weighted by atomic mass is 9.94. The minimum atomic E-state index is -3.53. The van der Waals surface area contributed by atoms with Gasteiger partial charge in [-0.1, -0.05) is 13.8 Å². The van der Waals surface area contributed by atoms with Gasteiger partial charge in [-0.05, 0) is 55.4 Å². The monoisotopic (exact) mass is 491 g/mol. The molecule has 10 heteroatoms. The molecule has 2 unspecified atom stereocenters. The molecule has 2 saturated heterocycles. The van der Waals surface area contributed by atoms with Crippen molar-refractivity contribution >= 4 is 27.5 Å². The average molecular weight is 492 g/mol. The van der Waals surface area contributed by atoms with Crippen LogP contribution >= 0.6 is 0 Å². The maximum Gasteiger partial charge on any atom is 0.243 e. The third kappa shape index (κ3) is 6.78. The Kier molecular flexibility index (Phi) is 7.91. The molecule has 0 radical (unpaired) electrons. The molecule has 2 atom stereocenters. The predicted molar refractivity (Wildman–Crippen MR) is 131 cm³/mol. The van der Waals surface area contributed by atoms with Crippen molar-refractivity contribution in [2.75, 3.05) is 57.7 Å². The zero-order valence-electron chi connectivity index (χ0n) is 20.2. The van der Waals surface area contributed by atoms with Crippen molar-refractivity contribution in [3.05, 3.63) is 24.3 Å². The van der Waals surface area contributed by atoms with E-state index in [1.807, 2.05) is 0 Å². The number of hydrogen-bond acceptors (Lipinski definition) is 6. The van der Waals surface area contributed by atoms with Crippen molar-refractivity contribution in [3.63, 3.8) is 0 Å². The van der Waals surface area contributed by atoms with Gasteiger partial charge >= 0.3 is 0 Å². The first kappa shape index (κ1) is 25.1. The Labute approximate surface area is 202 Å². The number of carbonyl (C=O) groups excluding carboxylic acids is 2. The highest BCUT2D eigenvalue weighted by Gasteiger charge is 2.31. The minimum Gasteiger partial charge on any atom is -0.352 e. The molecule has 1 aromatic rings. The molecule has 0 aromatic heterocycles. The fourth-order valence-electron chi connectivity index (χ4n) is 4.87. The standard InChI is InChI=1S/C24H37N5O4S/c1-18-13-19(2)15-29(14-18)34(32,33)22-7-5-21(6-8-22)26-24(31)17-28-11-9-27(10-12-28)16-23(30)25-20-3-4-20/h5-8,18-20H,3-4,9-17H2,1-2H3,(H,25,30)(H,26,31). The Bertz CT molecular complexity index is 962. The lowest BCUT2D eigenvalue weighted by molar-refractivity contribution is -0.123. The van der Waals surface area contributed by atoms with Gasteiger partial charge in [0.25, 0.3) is 0 Å². The highest BCUT2D eigenvalue weighted by Crippen LogP contribution is 2.27. The summed E-state index contributed by atoms with van der Waals surface area (Å²) in [5.74, 6) is 0.648. The van der Waals surface area contributed by atoms with Gasteiger partial charge in [-0.15, -0.1) is 0 Å². The quantitative estimate of drug-likeness (QED) is 0.566. The first-order valence-electron chi connectivity index (χ1n) is 12.3. The number of piperazine rings is 1. The largest absolute Gasteiger partial charge is 0.352 e. The van der Waals surface area contributed by atoms with Crippen molar-refractivity contribution in [1.82, 2.24) is 19.4 Å². The molecule has 188 valence electrons. The molecular weight excluding hydrogens is 454 g/mol. The Balaban J connectivity index is 1.23. The summed E-state index contributed by atoms with van der Waals surface area (Å²) in [6.45, 7) is 8.92. The van der Waals surface area contributed by atoms with Crippen molar-refractivity contribution < 1.29 is 18.0 Å². The summed E-state index contributed by atoms with van der Waals surface area (Å²) in [6, 6.07) is 6.82. The summed E-state index contributed by atoms with van der Waals surface area (Å²) in [7, 11) is -3.53. The highest BCUT2D eigenvalue weighted by molar-refractivity contribution is 7.89. The number of piperidine rings is 1. The number of amides is 2. The maximum absolute atomic E-state index is 13.0. The van der Waals surface area contributed by atoms with Crippen LogP contribution in [0.4, 0.5) is 5.69 Å². The van der Waals surface area contributed by atoms with E-state index in [2.05, 4.69) is 34.3 Å². The number of benzene rings is 1. The second kappa shape index (κ2) is 10.7. The number of anilines is 1. The molecule has 34 heavy (non-hydrogen) atoms. The molecular formula is C24H37N5O4S. The number of rotatable bonds is 8. The normalized spacial score (nSPS) is 25.1. The van der Waals surface area contributed by atoms with Crippen LogP contribution in [-0.2, 0) is 19.6 Å². The molecule has 1 aliphatic carbocycles. The Hall–Kier alpha value is -2.01. The van der Waals surface area contributed by atoms with E-state index in [9.17, 15) is 18.0 Å². The van der Waals surface area contributed by atoms with Crippen LogP contribution in [0.15, 0.2) is 29.2 Å². The predicted octanol–water partition coefficient (Wildman–Crippen LogP) is 1.19. The minimum absolute atomic E-state index is 0.0865. The molecule has 4 rings (SSSR count). The van der Waals surface area contributed by atoms with Crippen molar-refractivity contribution in [3.8, 4) is 0 Å². The number of sulfonamides is 1. The lowest BCUT2D eigenvalue weighted by Crippen LogP contribution is -2.51. The molecule has 1 aromatic carbocycles. The molecule has 2 N–H and O–H groups in total. The van der Waals surface area contributed by atoms with E-state index >= 15 is 0 Å². The number of carbonyl (C=O) groups is 2. The second-order valence-corrected chi connectivity index (χ2v) is 12.2. The molecule has 1 saturated carbocycles. The van der Waals surface area contributed by atoms with Crippen molar-refractivity contribution in [2.24, 2.45) is 11.8 Å². The van der Waals surface area contributed by atoms with Crippen LogP contribution in [0.5, 0.6) is 0 Å². The average Bonchev–Trinajstić information content (AvgIpc) is 3.58. The molecule has 3 aliphatic rings. The van der Waals surface area contributed by atoms with Gasteiger partial charge < -0.3 is 10.6 Å². The van der Waals surface area contributed by atoms with Gasteiger partial charge in [-0.2, -0.15) is 4.31 Å². The summed E-state index contributed by atoms with van der Waals surface area (Å²) in [6.07, 6.45) is 3.22. The van der Waals surface area contributed by atoms with Crippen LogP contribution in [-0.4, -0.2) is 92.7 Å². The second-order valence-electron chi connectivity index (χ2n) is 10.2.